The van der Waals surface area contributed by atoms with Gasteiger partial charge in [-0.2, -0.15) is 5.10 Å². The summed E-state index contributed by atoms with van der Waals surface area (Å²) in [4.78, 5) is 26.6. The zero-order valence-electron chi connectivity index (χ0n) is 15.4. The summed E-state index contributed by atoms with van der Waals surface area (Å²) in [5.74, 6) is -1.25. The molecule has 3 rings (SSSR count). The fraction of sp³-hybridized carbons (Fsp3) is 0.421. The minimum atomic E-state index is -3.19. The van der Waals surface area contributed by atoms with Crippen molar-refractivity contribution in [2.24, 2.45) is 5.10 Å². The number of hydrazone groups is 1. The molecular weight excluding hydrogens is 385 g/mol. The lowest BCUT2D eigenvalue weighted by molar-refractivity contribution is -0.134. The number of carbonyl (C=O) groups excluding carboxylic acids is 2. The van der Waals surface area contributed by atoms with Gasteiger partial charge in [-0.3, -0.25) is 9.59 Å². The van der Waals surface area contributed by atoms with Gasteiger partial charge in [0.05, 0.1) is 17.5 Å². The lowest BCUT2D eigenvalue weighted by Crippen LogP contribution is -2.45. The van der Waals surface area contributed by atoms with Crippen molar-refractivity contribution in [1.82, 2.24) is 9.91 Å². The third kappa shape index (κ3) is 4.46. The van der Waals surface area contributed by atoms with Crippen LogP contribution in [0.5, 0.6) is 0 Å². The zero-order valence-corrected chi connectivity index (χ0v) is 16.2. The Kier molecular flexibility index (Phi) is 5.93. The van der Waals surface area contributed by atoms with E-state index in [1.165, 1.54) is 17.0 Å². The molecule has 2 amide bonds. The van der Waals surface area contributed by atoms with E-state index in [4.69, 9.17) is 0 Å². The molecule has 0 radical (unpaired) electrons. The number of carbonyl (C=O) groups is 2. The van der Waals surface area contributed by atoms with Crippen LogP contribution in [0.15, 0.2) is 42.0 Å². The molecule has 150 valence electrons. The van der Waals surface area contributed by atoms with Gasteiger partial charge in [0.1, 0.15) is 11.5 Å². The predicted octanol–water partition coefficient (Wildman–Crippen LogP) is 1.51. The topological polar surface area (TPSA) is 87.1 Å². The van der Waals surface area contributed by atoms with Crippen molar-refractivity contribution in [3.8, 4) is 0 Å². The van der Waals surface area contributed by atoms with Crippen LogP contribution in [0.4, 0.5) is 4.39 Å². The van der Waals surface area contributed by atoms with Gasteiger partial charge in [-0.15, -0.1) is 6.58 Å². The quantitative estimate of drug-likeness (QED) is 0.669. The van der Waals surface area contributed by atoms with Gasteiger partial charge in [0.2, 0.25) is 5.91 Å². The van der Waals surface area contributed by atoms with Crippen LogP contribution >= 0.6 is 0 Å². The molecular formula is C19H22FN3O4S. The second kappa shape index (κ2) is 8.22. The summed E-state index contributed by atoms with van der Waals surface area (Å²) in [5, 5.41) is 5.34. The first-order valence-corrected chi connectivity index (χ1v) is 10.9. The number of rotatable bonds is 6. The fourth-order valence-electron chi connectivity index (χ4n) is 3.37. The molecule has 0 aliphatic carbocycles. The Morgan fingerprint density at radius 2 is 2.11 bits per heavy atom. The highest BCUT2D eigenvalue weighted by Crippen LogP contribution is 2.23. The first kappa shape index (κ1) is 20.2. The molecule has 2 heterocycles. The Bertz CT molecular complexity index is 929. The summed E-state index contributed by atoms with van der Waals surface area (Å²) in [6, 6.07) is 5.64. The largest absolute Gasteiger partial charge is 0.329 e. The number of halogens is 1. The maximum absolute atomic E-state index is 14.0. The van der Waals surface area contributed by atoms with Gasteiger partial charge in [0, 0.05) is 31.5 Å². The molecule has 2 aliphatic rings. The third-order valence-corrected chi connectivity index (χ3v) is 6.57. The minimum absolute atomic E-state index is 0.0100. The van der Waals surface area contributed by atoms with Crippen molar-refractivity contribution in [3.05, 3.63) is 48.3 Å². The molecule has 1 fully saturated rings. The molecule has 9 heteroatoms. The van der Waals surface area contributed by atoms with Crippen LogP contribution in [0, 0.1) is 5.82 Å². The van der Waals surface area contributed by atoms with Crippen LogP contribution < -0.4 is 0 Å². The normalized spacial score (nSPS) is 21.3. The third-order valence-electron chi connectivity index (χ3n) is 4.82. The van der Waals surface area contributed by atoms with E-state index >= 15 is 0 Å². The molecule has 1 aromatic rings. The van der Waals surface area contributed by atoms with Crippen LogP contribution in [-0.2, 0) is 26.0 Å². The maximum Gasteiger partial charge on any atom is 0.270 e. The van der Waals surface area contributed by atoms with Crippen LogP contribution in [-0.4, -0.2) is 59.9 Å². The second-order valence-corrected chi connectivity index (χ2v) is 9.14. The van der Waals surface area contributed by atoms with Crippen LogP contribution in [0.2, 0.25) is 0 Å². The van der Waals surface area contributed by atoms with Crippen molar-refractivity contribution in [1.29, 1.82) is 0 Å². The lowest BCUT2D eigenvalue weighted by atomic mass is 10.1. The summed E-state index contributed by atoms with van der Waals surface area (Å²) in [7, 11) is -3.19. The number of nitrogens with zero attached hydrogens (tertiary/aromatic N) is 3. The van der Waals surface area contributed by atoms with E-state index in [2.05, 4.69) is 11.7 Å². The van der Waals surface area contributed by atoms with Crippen molar-refractivity contribution in [2.75, 3.05) is 18.1 Å². The van der Waals surface area contributed by atoms with Gasteiger partial charge in [0.15, 0.2) is 9.84 Å². The standard InChI is InChI=1S/C19H22FN3O4S/c1-2-10-22(12-14-5-3-4-6-16(14)20)19(25)17-7-8-18(24)23(21-17)15-9-11-28(26,27)13-15/h2-6,15H,1,7-13H2. The Hall–Kier alpha value is -2.55. The second-order valence-electron chi connectivity index (χ2n) is 6.91. The van der Waals surface area contributed by atoms with Gasteiger partial charge >= 0.3 is 0 Å². The monoisotopic (exact) mass is 407 g/mol. The Morgan fingerprint density at radius 3 is 2.75 bits per heavy atom. The van der Waals surface area contributed by atoms with Gasteiger partial charge in [-0.25, -0.2) is 17.8 Å². The Balaban J connectivity index is 1.81. The summed E-state index contributed by atoms with van der Waals surface area (Å²) >= 11 is 0. The highest BCUT2D eigenvalue weighted by atomic mass is 32.2. The molecule has 7 nitrogen and oxygen atoms in total. The maximum atomic E-state index is 14.0. The van der Waals surface area contributed by atoms with Crippen molar-refractivity contribution in [2.45, 2.75) is 31.8 Å². The number of hydrogen-bond acceptors (Lipinski definition) is 5. The lowest BCUT2D eigenvalue weighted by Gasteiger charge is -2.29. The van der Waals surface area contributed by atoms with Crippen molar-refractivity contribution >= 4 is 27.4 Å². The fourth-order valence-corrected chi connectivity index (χ4v) is 5.06. The Labute approximate surface area is 163 Å². The molecule has 0 spiro atoms. The molecule has 1 saturated heterocycles. The average Bonchev–Trinajstić information content (AvgIpc) is 3.02. The van der Waals surface area contributed by atoms with E-state index in [-0.39, 0.29) is 49.1 Å². The molecule has 1 aromatic carbocycles. The molecule has 0 saturated carbocycles. The molecule has 0 aromatic heterocycles. The minimum Gasteiger partial charge on any atom is -0.329 e. The number of hydrogen-bond donors (Lipinski definition) is 0. The van der Waals surface area contributed by atoms with E-state index in [0.29, 0.717) is 12.0 Å². The van der Waals surface area contributed by atoms with Gasteiger partial charge in [-0.05, 0) is 12.5 Å². The molecule has 0 N–H and O–H groups in total. The summed E-state index contributed by atoms with van der Waals surface area (Å²) in [5.41, 5.74) is 0.533. The number of sulfone groups is 1. The van der Waals surface area contributed by atoms with Gasteiger partial charge in [-0.1, -0.05) is 24.3 Å². The van der Waals surface area contributed by atoms with E-state index in [1.54, 1.807) is 18.2 Å². The van der Waals surface area contributed by atoms with Gasteiger partial charge < -0.3 is 4.90 Å². The van der Waals surface area contributed by atoms with Crippen LogP contribution in [0.1, 0.15) is 24.8 Å². The number of amides is 2. The first-order chi connectivity index (χ1) is 13.3. The Morgan fingerprint density at radius 1 is 1.36 bits per heavy atom. The average molecular weight is 407 g/mol. The smallest absolute Gasteiger partial charge is 0.270 e. The molecule has 28 heavy (non-hydrogen) atoms. The summed E-state index contributed by atoms with van der Waals surface area (Å²) in [6.45, 7) is 3.88. The van der Waals surface area contributed by atoms with Crippen LogP contribution in [0.3, 0.4) is 0 Å². The van der Waals surface area contributed by atoms with Crippen LogP contribution in [0.25, 0.3) is 0 Å². The summed E-state index contributed by atoms with van der Waals surface area (Å²) < 4.78 is 37.4. The van der Waals surface area contributed by atoms with Crippen molar-refractivity contribution < 1.29 is 22.4 Å². The summed E-state index contributed by atoms with van der Waals surface area (Å²) in [6.07, 6.45) is 2.10. The SMILES string of the molecule is C=CCN(Cc1ccccc1F)C(=O)C1=NN(C2CCS(=O)(=O)C2)C(=O)CC1. The highest BCUT2D eigenvalue weighted by Gasteiger charge is 2.37. The molecule has 0 bridgehead atoms. The molecule has 1 unspecified atom stereocenters. The van der Waals surface area contributed by atoms with Gasteiger partial charge in [0.25, 0.3) is 5.91 Å². The number of benzene rings is 1. The predicted molar refractivity (Wildman–Crippen MR) is 103 cm³/mol. The molecule has 2 aliphatic heterocycles. The van der Waals surface area contributed by atoms with E-state index in [1.807, 2.05) is 0 Å². The van der Waals surface area contributed by atoms with E-state index in [0.717, 1.165) is 5.01 Å². The first-order valence-electron chi connectivity index (χ1n) is 9.04. The van der Waals surface area contributed by atoms with Crippen molar-refractivity contribution in [3.63, 3.8) is 0 Å². The zero-order chi connectivity index (χ0) is 20.3. The van der Waals surface area contributed by atoms with E-state index in [9.17, 15) is 22.4 Å². The molecule has 1 atom stereocenters. The highest BCUT2D eigenvalue weighted by molar-refractivity contribution is 7.91. The van der Waals surface area contributed by atoms with E-state index < -0.39 is 27.6 Å².